The van der Waals surface area contributed by atoms with Gasteiger partial charge in [-0.25, -0.2) is 0 Å². The molecule has 1 aromatic rings. The van der Waals surface area contributed by atoms with E-state index < -0.39 is 0 Å². The predicted molar refractivity (Wildman–Crippen MR) is 108 cm³/mol. The third-order valence-corrected chi connectivity index (χ3v) is 3.85. The highest BCUT2D eigenvalue weighted by Crippen LogP contribution is 2.07. The molecule has 2 rings (SSSR count). The Morgan fingerprint density at radius 2 is 2.09 bits per heavy atom. The fourth-order valence-electron chi connectivity index (χ4n) is 2.69. The van der Waals surface area contributed by atoms with E-state index in [1.54, 1.807) is 0 Å². The summed E-state index contributed by atoms with van der Waals surface area (Å²) in [6.45, 7) is 8.45. The second kappa shape index (κ2) is 12.5. The number of aliphatic imine (C=N–C) groups is 1. The minimum Gasteiger partial charge on any atom is -0.357 e. The number of guanidine groups is 1. The van der Waals surface area contributed by atoms with Gasteiger partial charge in [0, 0.05) is 37.9 Å². The summed E-state index contributed by atoms with van der Waals surface area (Å²) in [7, 11) is 0. The van der Waals surface area contributed by atoms with Gasteiger partial charge in [-0.15, -0.1) is 24.0 Å². The Kier molecular flexibility index (Phi) is 11.0. The highest BCUT2D eigenvalue weighted by Gasteiger charge is 2.09. The zero-order valence-corrected chi connectivity index (χ0v) is 16.5. The van der Waals surface area contributed by atoms with Crippen LogP contribution in [0.4, 0.5) is 0 Å². The van der Waals surface area contributed by atoms with Crippen LogP contribution < -0.4 is 10.6 Å². The van der Waals surface area contributed by atoms with E-state index in [0.717, 1.165) is 44.1 Å². The van der Waals surface area contributed by atoms with Crippen molar-refractivity contribution in [2.75, 3.05) is 39.3 Å². The summed E-state index contributed by atoms with van der Waals surface area (Å²) in [4.78, 5) is 11.5. The molecule has 0 unspecified atom stereocenters. The molecular formula is C17H30IN5. The monoisotopic (exact) mass is 431 g/mol. The maximum Gasteiger partial charge on any atom is 0.191 e. The Labute approximate surface area is 157 Å². The van der Waals surface area contributed by atoms with Crippen LogP contribution in [0.15, 0.2) is 29.4 Å². The zero-order valence-electron chi connectivity index (χ0n) is 14.1. The van der Waals surface area contributed by atoms with Gasteiger partial charge in [-0.3, -0.25) is 9.98 Å². The van der Waals surface area contributed by atoms with Crippen molar-refractivity contribution in [2.45, 2.75) is 32.6 Å². The van der Waals surface area contributed by atoms with Gasteiger partial charge < -0.3 is 15.5 Å². The largest absolute Gasteiger partial charge is 0.357 e. The van der Waals surface area contributed by atoms with Crippen molar-refractivity contribution in [3.05, 3.63) is 30.1 Å². The van der Waals surface area contributed by atoms with Gasteiger partial charge in [-0.2, -0.15) is 0 Å². The summed E-state index contributed by atoms with van der Waals surface area (Å²) >= 11 is 0. The second-order valence-electron chi connectivity index (χ2n) is 5.66. The molecule has 0 amide bonds. The van der Waals surface area contributed by atoms with Gasteiger partial charge in [0.15, 0.2) is 5.96 Å². The number of halogens is 1. The molecule has 1 aliphatic heterocycles. The molecule has 0 aliphatic carbocycles. The molecule has 0 bridgehead atoms. The molecule has 1 aromatic heterocycles. The lowest BCUT2D eigenvalue weighted by Gasteiger charge is -2.14. The van der Waals surface area contributed by atoms with Crippen LogP contribution in [0, 0.1) is 0 Å². The number of hydrogen-bond donors (Lipinski definition) is 2. The number of nitrogens with zero attached hydrogens (tertiary/aromatic N) is 3. The molecule has 0 atom stereocenters. The predicted octanol–water partition coefficient (Wildman–Crippen LogP) is 2.28. The van der Waals surface area contributed by atoms with Crippen LogP contribution in [0.25, 0.3) is 0 Å². The Morgan fingerprint density at radius 3 is 2.78 bits per heavy atom. The Balaban J connectivity index is 0.00000264. The average Bonchev–Trinajstić information content (AvgIpc) is 3.06. The van der Waals surface area contributed by atoms with Crippen LogP contribution >= 0.6 is 24.0 Å². The molecule has 6 heteroatoms. The highest BCUT2D eigenvalue weighted by atomic mass is 127. The van der Waals surface area contributed by atoms with Gasteiger partial charge in [0.1, 0.15) is 0 Å². The Hall–Kier alpha value is -0.890. The first kappa shape index (κ1) is 20.2. The standard InChI is InChI=1S/C17H29N5.HI/c1-2-18-17(20-11-7-15-22-13-5-6-14-22)21-12-9-16-8-3-4-10-19-16;/h3-4,8,10H,2,5-7,9,11-15H2,1H3,(H2,18,20,21);1H. The first-order valence-electron chi connectivity index (χ1n) is 8.53. The normalized spacial score (nSPS) is 15.3. The summed E-state index contributed by atoms with van der Waals surface area (Å²) in [5.74, 6) is 0.917. The van der Waals surface area contributed by atoms with E-state index in [1.807, 2.05) is 18.3 Å². The zero-order chi connectivity index (χ0) is 15.5. The molecule has 2 heterocycles. The first-order valence-corrected chi connectivity index (χ1v) is 8.53. The van der Waals surface area contributed by atoms with Crippen molar-refractivity contribution in [1.29, 1.82) is 0 Å². The molecule has 0 spiro atoms. The Bertz CT molecular complexity index is 432. The van der Waals surface area contributed by atoms with Crippen molar-refractivity contribution in [3.8, 4) is 0 Å². The van der Waals surface area contributed by atoms with Crippen LogP contribution in [0.3, 0.4) is 0 Å². The van der Waals surface area contributed by atoms with Gasteiger partial charge in [0.2, 0.25) is 0 Å². The van der Waals surface area contributed by atoms with Gasteiger partial charge in [0.25, 0.3) is 0 Å². The van der Waals surface area contributed by atoms with Gasteiger partial charge in [0.05, 0.1) is 0 Å². The maximum atomic E-state index is 4.65. The van der Waals surface area contributed by atoms with Crippen LogP contribution in [-0.4, -0.2) is 55.1 Å². The summed E-state index contributed by atoms with van der Waals surface area (Å²) in [5.41, 5.74) is 1.11. The van der Waals surface area contributed by atoms with Crippen molar-refractivity contribution in [1.82, 2.24) is 20.5 Å². The van der Waals surface area contributed by atoms with E-state index in [1.165, 1.54) is 32.5 Å². The van der Waals surface area contributed by atoms with Gasteiger partial charge >= 0.3 is 0 Å². The average molecular weight is 431 g/mol. The van der Waals surface area contributed by atoms with Crippen LogP contribution in [0.1, 0.15) is 31.9 Å². The lowest BCUT2D eigenvalue weighted by molar-refractivity contribution is 0.336. The van der Waals surface area contributed by atoms with E-state index in [9.17, 15) is 0 Å². The fourth-order valence-corrected chi connectivity index (χ4v) is 2.69. The highest BCUT2D eigenvalue weighted by molar-refractivity contribution is 14.0. The van der Waals surface area contributed by atoms with E-state index in [-0.39, 0.29) is 24.0 Å². The SMILES string of the molecule is CCNC(=NCCCN1CCCC1)NCCc1ccccn1.I. The fraction of sp³-hybridized carbons (Fsp3) is 0.647. The molecule has 0 radical (unpaired) electrons. The van der Waals surface area contributed by atoms with Crippen molar-refractivity contribution < 1.29 is 0 Å². The second-order valence-corrected chi connectivity index (χ2v) is 5.66. The number of aromatic nitrogens is 1. The molecule has 23 heavy (non-hydrogen) atoms. The number of likely N-dealkylation sites (tertiary alicyclic amines) is 1. The molecule has 0 saturated carbocycles. The van der Waals surface area contributed by atoms with Crippen LogP contribution in [0.5, 0.6) is 0 Å². The minimum absolute atomic E-state index is 0. The van der Waals surface area contributed by atoms with E-state index >= 15 is 0 Å². The molecule has 5 nitrogen and oxygen atoms in total. The molecule has 1 fully saturated rings. The molecular weight excluding hydrogens is 401 g/mol. The lowest BCUT2D eigenvalue weighted by atomic mass is 10.3. The third kappa shape index (κ3) is 8.50. The van der Waals surface area contributed by atoms with Crippen LogP contribution in [0.2, 0.25) is 0 Å². The number of nitrogens with one attached hydrogen (secondary N) is 2. The maximum absolute atomic E-state index is 4.65. The minimum atomic E-state index is 0. The number of pyridine rings is 1. The van der Waals surface area contributed by atoms with Gasteiger partial charge in [-0.05, 0) is 58.0 Å². The summed E-state index contributed by atoms with van der Waals surface area (Å²) < 4.78 is 0. The topological polar surface area (TPSA) is 52.6 Å². The quantitative estimate of drug-likeness (QED) is 0.287. The van der Waals surface area contributed by atoms with E-state index in [2.05, 4.69) is 38.5 Å². The first-order chi connectivity index (χ1) is 10.9. The Morgan fingerprint density at radius 1 is 1.26 bits per heavy atom. The number of hydrogen-bond acceptors (Lipinski definition) is 3. The van der Waals surface area contributed by atoms with E-state index in [0.29, 0.717) is 0 Å². The summed E-state index contributed by atoms with van der Waals surface area (Å²) in [6.07, 6.45) is 6.62. The third-order valence-electron chi connectivity index (χ3n) is 3.85. The van der Waals surface area contributed by atoms with E-state index in [4.69, 9.17) is 0 Å². The number of rotatable bonds is 8. The van der Waals surface area contributed by atoms with Crippen molar-refractivity contribution in [2.24, 2.45) is 4.99 Å². The smallest absolute Gasteiger partial charge is 0.191 e. The van der Waals surface area contributed by atoms with Crippen LogP contribution in [-0.2, 0) is 6.42 Å². The molecule has 1 aliphatic rings. The molecule has 2 N–H and O–H groups in total. The summed E-state index contributed by atoms with van der Waals surface area (Å²) in [6, 6.07) is 6.03. The molecule has 0 aromatic carbocycles. The molecule has 130 valence electrons. The lowest BCUT2D eigenvalue weighted by Crippen LogP contribution is -2.38. The molecule has 1 saturated heterocycles. The van der Waals surface area contributed by atoms with Crippen molar-refractivity contribution in [3.63, 3.8) is 0 Å². The summed E-state index contributed by atoms with van der Waals surface area (Å²) in [5, 5.41) is 6.69. The van der Waals surface area contributed by atoms with Gasteiger partial charge in [-0.1, -0.05) is 6.07 Å². The van der Waals surface area contributed by atoms with Crippen molar-refractivity contribution >= 4 is 29.9 Å².